The molecule has 0 aliphatic rings. The lowest BCUT2D eigenvalue weighted by atomic mass is 10.2. The number of hydrogen-bond donors (Lipinski definition) is 1. The second-order valence-corrected chi connectivity index (χ2v) is 4.20. The van der Waals surface area contributed by atoms with Crippen molar-refractivity contribution in [2.45, 2.75) is 6.43 Å². The summed E-state index contributed by atoms with van der Waals surface area (Å²) >= 11 is 4.48. The third-order valence-corrected chi connectivity index (χ3v) is 2.78. The molecule has 76 valence electrons. The first-order chi connectivity index (χ1) is 6.43. The lowest BCUT2D eigenvalue weighted by Gasteiger charge is -2.06. The standard InChI is InChI=1S/C7H3BrF2INO2/c8-4-2(7(13)14)1-3(11)12-5(4)6(9)10/h1,6H,(H,13,14). The summed E-state index contributed by atoms with van der Waals surface area (Å²) < 4.78 is 24.8. The van der Waals surface area contributed by atoms with Crippen LogP contribution in [0.2, 0.25) is 0 Å². The predicted molar refractivity (Wildman–Crippen MR) is 56.6 cm³/mol. The highest BCUT2D eigenvalue weighted by atomic mass is 127. The number of carbonyl (C=O) groups is 1. The SMILES string of the molecule is O=C(O)c1cc(I)nc(C(F)F)c1Br. The van der Waals surface area contributed by atoms with E-state index in [0.29, 0.717) is 0 Å². The van der Waals surface area contributed by atoms with Crippen molar-refractivity contribution in [3.8, 4) is 0 Å². The summed E-state index contributed by atoms with van der Waals surface area (Å²) in [6.07, 6.45) is -2.79. The molecule has 14 heavy (non-hydrogen) atoms. The number of nitrogens with zero attached hydrogens (tertiary/aromatic N) is 1. The van der Waals surface area contributed by atoms with Gasteiger partial charge < -0.3 is 5.11 Å². The molecule has 0 unspecified atom stereocenters. The van der Waals surface area contributed by atoms with Crippen LogP contribution in [0.5, 0.6) is 0 Å². The Balaban J connectivity index is 3.40. The van der Waals surface area contributed by atoms with Gasteiger partial charge in [0, 0.05) is 0 Å². The van der Waals surface area contributed by atoms with Gasteiger partial charge in [-0.3, -0.25) is 0 Å². The summed E-state index contributed by atoms with van der Waals surface area (Å²) in [7, 11) is 0. The van der Waals surface area contributed by atoms with Gasteiger partial charge in [0.1, 0.15) is 9.39 Å². The largest absolute Gasteiger partial charge is 0.478 e. The fourth-order valence-electron chi connectivity index (χ4n) is 0.817. The molecule has 0 saturated heterocycles. The lowest BCUT2D eigenvalue weighted by molar-refractivity contribution is 0.0694. The molecule has 0 spiro atoms. The molecule has 0 aromatic carbocycles. The van der Waals surface area contributed by atoms with Gasteiger partial charge in [-0.1, -0.05) is 0 Å². The Labute approximate surface area is 99.8 Å². The number of halogens is 4. The van der Waals surface area contributed by atoms with E-state index in [9.17, 15) is 13.6 Å². The average molecular weight is 378 g/mol. The molecule has 1 rings (SSSR count). The zero-order chi connectivity index (χ0) is 10.9. The van der Waals surface area contributed by atoms with Crippen molar-refractivity contribution in [2.24, 2.45) is 0 Å². The topological polar surface area (TPSA) is 50.2 Å². The molecular weight excluding hydrogens is 375 g/mol. The minimum absolute atomic E-state index is 0.166. The fraction of sp³-hybridized carbons (Fsp3) is 0.143. The summed E-state index contributed by atoms with van der Waals surface area (Å²) in [6, 6.07) is 1.22. The summed E-state index contributed by atoms with van der Waals surface area (Å²) in [5.74, 6) is -1.26. The van der Waals surface area contributed by atoms with Crippen molar-refractivity contribution < 1.29 is 18.7 Å². The van der Waals surface area contributed by atoms with Gasteiger partial charge in [-0.05, 0) is 44.6 Å². The summed E-state index contributed by atoms with van der Waals surface area (Å²) in [5, 5.41) is 8.69. The normalized spacial score (nSPS) is 10.6. The first-order valence-electron chi connectivity index (χ1n) is 3.31. The molecule has 0 fully saturated rings. The third-order valence-electron chi connectivity index (χ3n) is 1.39. The van der Waals surface area contributed by atoms with Crippen molar-refractivity contribution in [1.82, 2.24) is 4.98 Å². The number of hydrogen-bond acceptors (Lipinski definition) is 2. The zero-order valence-corrected chi connectivity index (χ0v) is 10.2. The molecule has 0 radical (unpaired) electrons. The maximum Gasteiger partial charge on any atom is 0.337 e. The Morgan fingerprint density at radius 1 is 1.64 bits per heavy atom. The summed E-state index contributed by atoms with van der Waals surface area (Å²) in [5.41, 5.74) is -0.756. The van der Waals surface area contributed by atoms with E-state index in [1.807, 2.05) is 0 Å². The Morgan fingerprint density at radius 3 is 2.64 bits per heavy atom. The number of pyridine rings is 1. The maximum atomic E-state index is 12.4. The second-order valence-electron chi connectivity index (χ2n) is 2.30. The van der Waals surface area contributed by atoms with E-state index in [1.165, 1.54) is 6.07 Å². The number of carboxylic acids is 1. The van der Waals surface area contributed by atoms with Crippen LogP contribution in [0.1, 0.15) is 22.5 Å². The number of aromatic carboxylic acids is 1. The van der Waals surface area contributed by atoms with Crippen LogP contribution in [0.3, 0.4) is 0 Å². The molecule has 0 bridgehead atoms. The Morgan fingerprint density at radius 2 is 2.21 bits per heavy atom. The minimum atomic E-state index is -2.79. The molecule has 1 N–H and O–H groups in total. The second kappa shape index (κ2) is 4.47. The monoisotopic (exact) mass is 377 g/mol. The molecule has 1 aromatic rings. The van der Waals surface area contributed by atoms with Crippen molar-refractivity contribution >= 4 is 44.5 Å². The third kappa shape index (κ3) is 2.38. The van der Waals surface area contributed by atoms with Crippen LogP contribution < -0.4 is 0 Å². The van der Waals surface area contributed by atoms with Gasteiger partial charge in [0.15, 0.2) is 0 Å². The Hall–Kier alpha value is -0.310. The van der Waals surface area contributed by atoms with Gasteiger partial charge in [0.25, 0.3) is 6.43 Å². The molecule has 1 aromatic heterocycles. The summed E-state index contributed by atoms with van der Waals surface area (Å²) in [4.78, 5) is 14.2. The fourth-order valence-corrected chi connectivity index (χ4v) is 1.93. The molecule has 0 aliphatic heterocycles. The van der Waals surface area contributed by atoms with Crippen LogP contribution in [0.15, 0.2) is 10.5 Å². The highest BCUT2D eigenvalue weighted by Crippen LogP contribution is 2.29. The van der Waals surface area contributed by atoms with E-state index in [1.54, 1.807) is 22.6 Å². The van der Waals surface area contributed by atoms with Crippen molar-refractivity contribution in [2.75, 3.05) is 0 Å². The van der Waals surface area contributed by atoms with E-state index in [-0.39, 0.29) is 13.7 Å². The van der Waals surface area contributed by atoms with Crippen molar-refractivity contribution in [3.05, 3.63) is 25.5 Å². The number of carboxylic acid groups (broad SMARTS) is 1. The lowest BCUT2D eigenvalue weighted by Crippen LogP contribution is -2.04. The summed E-state index contributed by atoms with van der Waals surface area (Å²) in [6.45, 7) is 0. The predicted octanol–water partition coefficient (Wildman–Crippen LogP) is 3.08. The van der Waals surface area contributed by atoms with E-state index in [0.717, 1.165) is 0 Å². The molecule has 0 atom stereocenters. The maximum absolute atomic E-state index is 12.4. The Kier molecular flexibility index (Phi) is 3.76. The van der Waals surface area contributed by atoms with E-state index < -0.39 is 18.1 Å². The number of alkyl halides is 2. The van der Waals surface area contributed by atoms with Crippen LogP contribution in [0, 0.1) is 3.70 Å². The molecule has 0 amide bonds. The van der Waals surface area contributed by atoms with Gasteiger partial charge in [-0.25, -0.2) is 18.6 Å². The van der Waals surface area contributed by atoms with Crippen LogP contribution in [-0.2, 0) is 0 Å². The number of rotatable bonds is 2. The average Bonchev–Trinajstić information content (AvgIpc) is 2.07. The zero-order valence-electron chi connectivity index (χ0n) is 6.47. The van der Waals surface area contributed by atoms with Crippen LogP contribution in [-0.4, -0.2) is 16.1 Å². The number of aromatic nitrogens is 1. The molecule has 7 heteroatoms. The van der Waals surface area contributed by atoms with E-state index in [4.69, 9.17) is 5.11 Å². The molecular formula is C7H3BrF2INO2. The first kappa shape index (κ1) is 11.8. The minimum Gasteiger partial charge on any atom is -0.478 e. The van der Waals surface area contributed by atoms with E-state index in [2.05, 4.69) is 20.9 Å². The van der Waals surface area contributed by atoms with Crippen molar-refractivity contribution in [1.29, 1.82) is 0 Å². The van der Waals surface area contributed by atoms with Crippen molar-refractivity contribution in [3.63, 3.8) is 0 Å². The smallest absolute Gasteiger partial charge is 0.337 e. The van der Waals surface area contributed by atoms with Gasteiger partial charge in [-0.15, -0.1) is 0 Å². The molecule has 3 nitrogen and oxygen atoms in total. The Bertz CT molecular complexity index is 386. The molecule has 1 heterocycles. The van der Waals surface area contributed by atoms with Gasteiger partial charge in [0.05, 0.1) is 10.0 Å². The highest BCUT2D eigenvalue weighted by Gasteiger charge is 2.20. The van der Waals surface area contributed by atoms with Gasteiger partial charge in [-0.2, -0.15) is 0 Å². The first-order valence-corrected chi connectivity index (χ1v) is 5.18. The van der Waals surface area contributed by atoms with Crippen LogP contribution >= 0.6 is 38.5 Å². The van der Waals surface area contributed by atoms with Crippen LogP contribution in [0.25, 0.3) is 0 Å². The highest BCUT2D eigenvalue weighted by molar-refractivity contribution is 14.1. The molecule has 0 saturated carbocycles. The van der Waals surface area contributed by atoms with Gasteiger partial charge in [0.2, 0.25) is 0 Å². The molecule has 0 aliphatic carbocycles. The van der Waals surface area contributed by atoms with Gasteiger partial charge >= 0.3 is 5.97 Å². The quantitative estimate of drug-likeness (QED) is 0.636. The van der Waals surface area contributed by atoms with Crippen LogP contribution in [0.4, 0.5) is 8.78 Å². The van der Waals surface area contributed by atoms with E-state index >= 15 is 0 Å².